The highest BCUT2D eigenvalue weighted by molar-refractivity contribution is 7.14. The molecule has 1 atom stereocenters. The summed E-state index contributed by atoms with van der Waals surface area (Å²) in [7, 11) is 0. The third kappa shape index (κ3) is 4.75. The van der Waals surface area contributed by atoms with Gasteiger partial charge in [-0.05, 0) is 52.7 Å². The van der Waals surface area contributed by atoms with E-state index in [0.717, 1.165) is 33.8 Å². The first-order valence-electron chi connectivity index (χ1n) is 7.26. The molecule has 1 aromatic rings. The number of amides is 1. The predicted molar refractivity (Wildman–Crippen MR) is 93.7 cm³/mol. The Hall–Kier alpha value is -1.53. The SMILES string of the molecule is C=C(C)c1sc(C#CC(C)(C)C)cc1N(C=O)C(C)CC. The zero-order valence-corrected chi connectivity index (χ0v) is 14.7. The molecule has 2 nitrogen and oxygen atoms in total. The average Bonchev–Trinajstić information content (AvgIpc) is 2.80. The first-order valence-corrected chi connectivity index (χ1v) is 8.07. The molecule has 1 aromatic heterocycles. The van der Waals surface area contributed by atoms with Crippen LogP contribution in [0.15, 0.2) is 12.6 Å². The molecule has 1 rings (SSSR count). The van der Waals surface area contributed by atoms with Gasteiger partial charge in [0.1, 0.15) is 0 Å². The minimum atomic E-state index is -0.0331. The summed E-state index contributed by atoms with van der Waals surface area (Å²) in [6.07, 6.45) is 1.82. The van der Waals surface area contributed by atoms with Crippen molar-refractivity contribution in [2.45, 2.75) is 54.0 Å². The van der Waals surface area contributed by atoms with Crippen molar-refractivity contribution in [2.24, 2.45) is 5.41 Å². The lowest BCUT2D eigenvalue weighted by Gasteiger charge is -2.24. The van der Waals surface area contributed by atoms with Crippen molar-refractivity contribution in [2.75, 3.05) is 4.90 Å². The van der Waals surface area contributed by atoms with Crippen LogP contribution in [0.25, 0.3) is 5.57 Å². The molecule has 1 heterocycles. The van der Waals surface area contributed by atoms with Crippen molar-refractivity contribution < 1.29 is 4.79 Å². The molecule has 114 valence electrons. The molecule has 0 bridgehead atoms. The van der Waals surface area contributed by atoms with Crippen LogP contribution in [0.5, 0.6) is 0 Å². The van der Waals surface area contributed by atoms with Crippen molar-refractivity contribution in [1.82, 2.24) is 0 Å². The standard InChI is InChI=1S/C18H25NOS/c1-8-14(4)19(12-20)16-11-15(9-10-18(5,6)7)21-17(16)13(2)3/h11-12,14H,2,8H2,1,3-7H3. The van der Waals surface area contributed by atoms with Gasteiger partial charge in [-0.25, -0.2) is 0 Å². The van der Waals surface area contributed by atoms with E-state index < -0.39 is 0 Å². The zero-order chi connectivity index (χ0) is 16.2. The Morgan fingerprint density at radius 2 is 2.14 bits per heavy atom. The Morgan fingerprint density at radius 1 is 1.52 bits per heavy atom. The summed E-state index contributed by atoms with van der Waals surface area (Å²) in [4.78, 5) is 15.3. The molecule has 3 heteroatoms. The van der Waals surface area contributed by atoms with Gasteiger partial charge in [0.2, 0.25) is 6.41 Å². The second kappa shape index (κ2) is 6.95. The molecule has 0 aliphatic heterocycles. The summed E-state index contributed by atoms with van der Waals surface area (Å²) in [5, 5.41) is 0. The van der Waals surface area contributed by atoms with Gasteiger partial charge in [-0.2, -0.15) is 0 Å². The molecule has 0 saturated carbocycles. The number of hydrogen-bond donors (Lipinski definition) is 0. The third-order valence-corrected chi connectivity index (χ3v) is 4.32. The van der Waals surface area contributed by atoms with Crippen LogP contribution < -0.4 is 4.90 Å². The predicted octanol–water partition coefficient (Wildman–Crippen LogP) is 4.94. The second-order valence-corrected chi connectivity index (χ2v) is 7.43. The van der Waals surface area contributed by atoms with E-state index in [1.54, 1.807) is 16.2 Å². The van der Waals surface area contributed by atoms with Gasteiger partial charge >= 0.3 is 0 Å². The fourth-order valence-corrected chi connectivity index (χ4v) is 2.72. The van der Waals surface area contributed by atoms with E-state index in [1.165, 1.54) is 0 Å². The lowest BCUT2D eigenvalue weighted by atomic mass is 9.98. The van der Waals surface area contributed by atoms with Crippen LogP contribution in [0.2, 0.25) is 0 Å². The minimum absolute atomic E-state index is 0.0331. The maximum atomic E-state index is 11.5. The molecule has 0 aliphatic carbocycles. The number of nitrogens with zero attached hydrogens (tertiary/aromatic N) is 1. The van der Waals surface area contributed by atoms with Gasteiger partial charge in [-0.3, -0.25) is 4.79 Å². The van der Waals surface area contributed by atoms with Crippen molar-refractivity contribution in [1.29, 1.82) is 0 Å². The van der Waals surface area contributed by atoms with Gasteiger partial charge in [-0.15, -0.1) is 11.3 Å². The Kier molecular flexibility index (Phi) is 5.80. The zero-order valence-electron chi connectivity index (χ0n) is 13.9. The molecule has 0 fully saturated rings. The molecule has 0 spiro atoms. The quantitative estimate of drug-likeness (QED) is 0.557. The van der Waals surface area contributed by atoms with E-state index >= 15 is 0 Å². The molecule has 1 amide bonds. The first kappa shape index (κ1) is 17.5. The molecule has 0 N–H and O–H groups in total. The van der Waals surface area contributed by atoms with Gasteiger partial charge in [0.15, 0.2) is 0 Å². The molecule has 0 radical (unpaired) electrons. The molecular weight excluding hydrogens is 278 g/mol. The number of carbonyl (C=O) groups is 1. The van der Waals surface area contributed by atoms with E-state index in [4.69, 9.17) is 0 Å². The second-order valence-electron chi connectivity index (χ2n) is 6.38. The number of carbonyl (C=O) groups excluding carboxylic acids is 1. The lowest BCUT2D eigenvalue weighted by Crippen LogP contribution is -2.31. The molecular formula is C18H25NOS. The Bertz CT molecular complexity index is 581. The molecule has 0 aromatic carbocycles. The maximum Gasteiger partial charge on any atom is 0.214 e. The van der Waals surface area contributed by atoms with Crippen molar-refractivity contribution >= 4 is 29.0 Å². The van der Waals surface area contributed by atoms with Gasteiger partial charge in [0, 0.05) is 11.5 Å². The third-order valence-electron chi connectivity index (χ3n) is 3.12. The van der Waals surface area contributed by atoms with Gasteiger partial charge in [0.25, 0.3) is 0 Å². The maximum absolute atomic E-state index is 11.5. The fourth-order valence-electron chi connectivity index (χ4n) is 1.78. The summed E-state index contributed by atoms with van der Waals surface area (Å²) in [5.74, 6) is 6.46. The van der Waals surface area contributed by atoms with Crippen LogP contribution in [0.4, 0.5) is 5.69 Å². The van der Waals surface area contributed by atoms with Crippen LogP contribution in [-0.2, 0) is 4.79 Å². The van der Waals surface area contributed by atoms with Gasteiger partial charge in [0.05, 0.1) is 15.4 Å². The van der Waals surface area contributed by atoms with Crippen LogP contribution in [0.1, 0.15) is 57.7 Å². The number of thiophene rings is 1. The van der Waals surface area contributed by atoms with Crippen LogP contribution in [0, 0.1) is 17.3 Å². The number of hydrogen-bond acceptors (Lipinski definition) is 2. The van der Waals surface area contributed by atoms with E-state index in [2.05, 4.69) is 53.0 Å². The van der Waals surface area contributed by atoms with E-state index in [0.29, 0.717) is 0 Å². The van der Waals surface area contributed by atoms with E-state index in [9.17, 15) is 4.79 Å². The van der Waals surface area contributed by atoms with Crippen molar-refractivity contribution in [3.8, 4) is 11.8 Å². The normalized spacial score (nSPS) is 12.3. The monoisotopic (exact) mass is 303 g/mol. The molecule has 0 saturated heterocycles. The smallest absolute Gasteiger partial charge is 0.214 e. The summed E-state index contributed by atoms with van der Waals surface area (Å²) < 4.78 is 0. The molecule has 21 heavy (non-hydrogen) atoms. The van der Waals surface area contributed by atoms with Crippen molar-refractivity contribution in [3.05, 3.63) is 22.4 Å². The highest BCUT2D eigenvalue weighted by atomic mass is 32.1. The highest BCUT2D eigenvalue weighted by Crippen LogP contribution is 2.35. The average molecular weight is 303 g/mol. The Morgan fingerprint density at radius 3 is 2.57 bits per heavy atom. The highest BCUT2D eigenvalue weighted by Gasteiger charge is 2.19. The number of allylic oxidation sites excluding steroid dienone is 1. The molecule has 1 unspecified atom stereocenters. The van der Waals surface area contributed by atoms with E-state index in [1.807, 2.05) is 13.0 Å². The Labute approximate surface area is 132 Å². The Balaban J connectivity index is 3.30. The topological polar surface area (TPSA) is 20.3 Å². The largest absolute Gasteiger partial charge is 0.311 e. The van der Waals surface area contributed by atoms with Crippen LogP contribution >= 0.6 is 11.3 Å². The minimum Gasteiger partial charge on any atom is -0.311 e. The van der Waals surface area contributed by atoms with Gasteiger partial charge in [-0.1, -0.05) is 25.3 Å². The number of rotatable bonds is 5. The van der Waals surface area contributed by atoms with Crippen LogP contribution in [0.3, 0.4) is 0 Å². The summed E-state index contributed by atoms with van der Waals surface area (Å²) in [5.41, 5.74) is 1.86. The first-order chi connectivity index (χ1) is 9.69. The number of anilines is 1. The van der Waals surface area contributed by atoms with E-state index in [-0.39, 0.29) is 11.5 Å². The molecule has 0 aliphatic rings. The lowest BCUT2D eigenvalue weighted by molar-refractivity contribution is -0.107. The van der Waals surface area contributed by atoms with Crippen molar-refractivity contribution in [3.63, 3.8) is 0 Å². The summed E-state index contributed by atoms with van der Waals surface area (Å²) >= 11 is 1.61. The summed E-state index contributed by atoms with van der Waals surface area (Å²) in [6, 6.07) is 2.17. The summed E-state index contributed by atoms with van der Waals surface area (Å²) in [6.45, 7) is 16.4. The fraction of sp³-hybridized carbons (Fsp3) is 0.500. The van der Waals surface area contributed by atoms with Gasteiger partial charge < -0.3 is 4.90 Å². The van der Waals surface area contributed by atoms with Crippen LogP contribution in [-0.4, -0.2) is 12.5 Å².